The average molecular weight is 343 g/mol. The molecule has 1 aliphatic rings. The SMILES string of the molecule is CN(C)CCn1c2c(ccc1=O)C[C@@H](NCc1cccc(F)c1)CC2. The molecule has 1 aromatic carbocycles. The molecule has 0 bridgehead atoms. The van der Waals surface area contributed by atoms with Crippen LogP contribution in [0.4, 0.5) is 4.39 Å². The molecule has 0 unspecified atom stereocenters. The van der Waals surface area contributed by atoms with E-state index in [2.05, 4.69) is 10.2 Å². The molecule has 3 rings (SSSR count). The van der Waals surface area contributed by atoms with Crippen molar-refractivity contribution in [3.63, 3.8) is 0 Å². The number of hydrogen-bond acceptors (Lipinski definition) is 3. The number of hydrogen-bond donors (Lipinski definition) is 1. The zero-order valence-electron chi connectivity index (χ0n) is 15.0. The summed E-state index contributed by atoms with van der Waals surface area (Å²) in [6, 6.07) is 10.7. The van der Waals surface area contributed by atoms with Crippen LogP contribution in [0.25, 0.3) is 0 Å². The van der Waals surface area contributed by atoms with Gasteiger partial charge in [0, 0.05) is 37.4 Å². The molecule has 0 radical (unpaired) electrons. The highest BCUT2D eigenvalue weighted by atomic mass is 19.1. The zero-order valence-corrected chi connectivity index (χ0v) is 15.0. The molecule has 1 N–H and O–H groups in total. The number of nitrogens with zero attached hydrogens (tertiary/aromatic N) is 2. The number of pyridine rings is 1. The lowest BCUT2D eigenvalue weighted by atomic mass is 9.91. The lowest BCUT2D eigenvalue weighted by Crippen LogP contribution is -2.37. The molecule has 134 valence electrons. The fourth-order valence-electron chi connectivity index (χ4n) is 3.45. The average Bonchev–Trinajstić information content (AvgIpc) is 2.59. The van der Waals surface area contributed by atoms with Crippen molar-refractivity contribution in [3.05, 3.63) is 69.4 Å². The topological polar surface area (TPSA) is 37.3 Å². The van der Waals surface area contributed by atoms with Gasteiger partial charge in [-0.3, -0.25) is 4.79 Å². The summed E-state index contributed by atoms with van der Waals surface area (Å²) in [4.78, 5) is 14.3. The van der Waals surface area contributed by atoms with Crippen molar-refractivity contribution < 1.29 is 4.39 Å². The molecule has 1 atom stereocenters. The van der Waals surface area contributed by atoms with Crippen LogP contribution in [0.2, 0.25) is 0 Å². The zero-order chi connectivity index (χ0) is 17.8. The summed E-state index contributed by atoms with van der Waals surface area (Å²) in [5.74, 6) is -0.196. The summed E-state index contributed by atoms with van der Waals surface area (Å²) in [7, 11) is 4.04. The molecule has 0 aliphatic heterocycles. The van der Waals surface area contributed by atoms with Gasteiger partial charge in [0.05, 0.1) is 0 Å². The van der Waals surface area contributed by atoms with Gasteiger partial charge < -0.3 is 14.8 Å². The number of benzene rings is 1. The van der Waals surface area contributed by atoms with Crippen molar-refractivity contribution in [2.24, 2.45) is 0 Å². The molecule has 0 spiro atoms. The van der Waals surface area contributed by atoms with E-state index in [0.717, 1.165) is 37.9 Å². The van der Waals surface area contributed by atoms with E-state index in [9.17, 15) is 9.18 Å². The minimum absolute atomic E-state index is 0.0896. The molecule has 0 saturated carbocycles. The molecular weight excluding hydrogens is 317 g/mol. The van der Waals surface area contributed by atoms with Crippen molar-refractivity contribution in [1.29, 1.82) is 0 Å². The van der Waals surface area contributed by atoms with Crippen molar-refractivity contribution >= 4 is 0 Å². The smallest absolute Gasteiger partial charge is 0.250 e. The largest absolute Gasteiger partial charge is 0.311 e. The van der Waals surface area contributed by atoms with Gasteiger partial charge in [-0.1, -0.05) is 18.2 Å². The Morgan fingerprint density at radius 3 is 2.88 bits per heavy atom. The second kappa shape index (κ2) is 7.93. The van der Waals surface area contributed by atoms with Gasteiger partial charge in [0.1, 0.15) is 5.82 Å². The Morgan fingerprint density at radius 1 is 1.28 bits per heavy atom. The molecule has 25 heavy (non-hydrogen) atoms. The second-order valence-electron chi connectivity index (χ2n) is 7.05. The number of nitrogens with one attached hydrogen (secondary N) is 1. The number of aromatic nitrogens is 1. The summed E-state index contributed by atoms with van der Waals surface area (Å²) >= 11 is 0. The van der Waals surface area contributed by atoms with Gasteiger partial charge in [0.25, 0.3) is 5.56 Å². The molecule has 1 heterocycles. The first-order valence-electron chi connectivity index (χ1n) is 8.87. The van der Waals surface area contributed by atoms with E-state index in [1.54, 1.807) is 18.2 Å². The molecular formula is C20H26FN3O. The van der Waals surface area contributed by atoms with Crippen molar-refractivity contribution in [2.45, 2.75) is 38.4 Å². The molecule has 0 amide bonds. The lowest BCUT2D eigenvalue weighted by molar-refractivity contribution is 0.370. The van der Waals surface area contributed by atoms with Crippen LogP contribution in [0.3, 0.4) is 0 Å². The first kappa shape index (κ1) is 17.8. The Morgan fingerprint density at radius 2 is 2.12 bits per heavy atom. The fraction of sp³-hybridized carbons (Fsp3) is 0.450. The van der Waals surface area contributed by atoms with Crippen LogP contribution in [-0.4, -0.2) is 36.1 Å². The highest BCUT2D eigenvalue weighted by Gasteiger charge is 2.21. The first-order chi connectivity index (χ1) is 12.0. The number of halogens is 1. The molecule has 1 aliphatic carbocycles. The van der Waals surface area contributed by atoms with Crippen LogP contribution in [0.5, 0.6) is 0 Å². The summed E-state index contributed by atoms with van der Waals surface area (Å²) in [5, 5.41) is 3.53. The van der Waals surface area contributed by atoms with Gasteiger partial charge in [0.2, 0.25) is 0 Å². The van der Waals surface area contributed by atoms with E-state index >= 15 is 0 Å². The fourth-order valence-corrected chi connectivity index (χ4v) is 3.45. The van der Waals surface area contributed by atoms with Crippen molar-refractivity contribution in [3.8, 4) is 0 Å². The predicted molar refractivity (Wildman–Crippen MR) is 98.3 cm³/mol. The summed E-state index contributed by atoms with van der Waals surface area (Å²) < 4.78 is 15.2. The van der Waals surface area contributed by atoms with Crippen LogP contribution >= 0.6 is 0 Å². The van der Waals surface area contributed by atoms with Crippen LogP contribution < -0.4 is 10.9 Å². The van der Waals surface area contributed by atoms with Gasteiger partial charge in [-0.2, -0.15) is 0 Å². The predicted octanol–water partition coefficient (Wildman–Crippen LogP) is 2.20. The van der Waals surface area contributed by atoms with Gasteiger partial charge in [-0.05, 0) is 56.6 Å². The van der Waals surface area contributed by atoms with E-state index in [1.165, 1.54) is 17.3 Å². The van der Waals surface area contributed by atoms with Crippen molar-refractivity contribution in [1.82, 2.24) is 14.8 Å². The summed E-state index contributed by atoms with van der Waals surface area (Å²) in [5.41, 5.74) is 3.48. The number of fused-ring (bicyclic) bond motifs is 1. The minimum Gasteiger partial charge on any atom is -0.311 e. The van der Waals surface area contributed by atoms with E-state index in [0.29, 0.717) is 12.6 Å². The van der Waals surface area contributed by atoms with Gasteiger partial charge >= 0.3 is 0 Å². The molecule has 4 nitrogen and oxygen atoms in total. The second-order valence-corrected chi connectivity index (χ2v) is 7.05. The lowest BCUT2D eigenvalue weighted by Gasteiger charge is -2.28. The summed E-state index contributed by atoms with van der Waals surface area (Å²) in [6.45, 7) is 2.26. The Bertz CT molecular complexity index is 785. The minimum atomic E-state index is -0.196. The highest BCUT2D eigenvalue weighted by molar-refractivity contribution is 5.26. The quantitative estimate of drug-likeness (QED) is 0.874. The third-order valence-corrected chi connectivity index (χ3v) is 4.84. The van der Waals surface area contributed by atoms with E-state index in [1.807, 2.05) is 30.8 Å². The standard InChI is InChI=1S/C20H26FN3O/c1-23(2)10-11-24-19-8-7-18(13-16(19)6-9-20(24)25)22-14-15-4-3-5-17(21)12-15/h3-6,9,12,18,22H,7-8,10-11,13-14H2,1-2H3/t18-/m0/s1. The van der Waals surface area contributed by atoms with Gasteiger partial charge in [-0.25, -0.2) is 4.39 Å². The third kappa shape index (κ3) is 4.55. The van der Waals surface area contributed by atoms with Crippen LogP contribution in [0, 0.1) is 5.82 Å². The molecule has 0 fully saturated rings. The molecule has 1 aromatic heterocycles. The maximum absolute atomic E-state index is 13.3. The van der Waals surface area contributed by atoms with Crippen LogP contribution in [-0.2, 0) is 25.9 Å². The highest BCUT2D eigenvalue weighted by Crippen LogP contribution is 2.20. The monoisotopic (exact) mass is 343 g/mol. The van der Waals surface area contributed by atoms with Crippen LogP contribution in [0.15, 0.2) is 41.2 Å². The summed E-state index contributed by atoms with van der Waals surface area (Å²) in [6.07, 6.45) is 2.81. The Labute approximate surface area is 148 Å². The molecule has 2 aromatic rings. The first-order valence-corrected chi connectivity index (χ1v) is 8.87. The number of rotatable bonds is 6. The van der Waals surface area contributed by atoms with Crippen LogP contribution in [0.1, 0.15) is 23.2 Å². The van der Waals surface area contributed by atoms with E-state index < -0.39 is 0 Å². The Kier molecular flexibility index (Phi) is 5.66. The van der Waals surface area contributed by atoms with Crippen molar-refractivity contribution in [2.75, 3.05) is 20.6 Å². The van der Waals surface area contributed by atoms with Gasteiger partial charge in [0.15, 0.2) is 0 Å². The number of likely N-dealkylation sites (N-methyl/N-ethyl adjacent to an activating group) is 1. The maximum Gasteiger partial charge on any atom is 0.250 e. The Hall–Kier alpha value is -1.98. The maximum atomic E-state index is 13.3. The van der Waals surface area contributed by atoms with E-state index in [4.69, 9.17) is 0 Å². The molecule has 5 heteroatoms. The molecule has 0 saturated heterocycles. The van der Waals surface area contributed by atoms with E-state index in [-0.39, 0.29) is 11.4 Å². The third-order valence-electron chi connectivity index (χ3n) is 4.84. The Balaban J connectivity index is 1.67. The normalized spacial score (nSPS) is 16.9. The van der Waals surface area contributed by atoms with Gasteiger partial charge in [-0.15, -0.1) is 0 Å².